The SMILES string of the molecule is O=C(Nc1cccc(-c2cccc3c2sc2ccccc23)c1)OCC(CO)(CSc1ccccc1-c1cccc2c1sc1ccccc12)CSc1ccccc1-c1cccc2c1sc1ccccc12. The molecule has 0 aliphatic carbocycles. The van der Waals surface area contributed by atoms with Crippen molar-refractivity contribution in [3.8, 4) is 33.4 Å². The van der Waals surface area contributed by atoms with Crippen molar-refractivity contribution in [2.75, 3.05) is 30.0 Å². The van der Waals surface area contributed by atoms with E-state index in [0.717, 1.165) is 32.0 Å². The number of amides is 1. The molecule has 1 amide bonds. The summed E-state index contributed by atoms with van der Waals surface area (Å²) in [7, 11) is 0. The minimum atomic E-state index is -0.821. The molecule has 2 N–H and O–H groups in total. The highest BCUT2D eigenvalue weighted by Gasteiger charge is 2.33. The van der Waals surface area contributed by atoms with Gasteiger partial charge in [0.05, 0.1) is 6.61 Å². The van der Waals surface area contributed by atoms with E-state index in [1.54, 1.807) is 34.9 Å². The van der Waals surface area contributed by atoms with Gasteiger partial charge in [0.2, 0.25) is 0 Å². The highest BCUT2D eigenvalue weighted by molar-refractivity contribution is 8.00. The van der Waals surface area contributed by atoms with Gasteiger partial charge in [0.25, 0.3) is 0 Å². The number of nitrogens with one attached hydrogen (secondary N) is 1. The molecular weight excluding hydrogens is 943 g/mol. The van der Waals surface area contributed by atoms with E-state index in [0.29, 0.717) is 17.2 Å². The van der Waals surface area contributed by atoms with Crippen molar-refractivity contribution in [1.29, 1.82) is 0 Å². The maximum Gasteiger partial charge on any atom is 0.411 e. The molecular formula is C60H43NO3S5. The van der Waals surface area contributed by atoms with Crippen LogP contribution >= 0.6 is 57.5 Å². The number of aliphatic hydroxyl groups is 1. The Bertz CT molecular complexity index is 3720. The molecule has 0 saturated heterocycles. The second-order valence-corrected chi connectivity index (χ2v) is 22.5. The zero-order chi connectivity index (χ0) is 46.3. The van der Waals surface area contributed by atoms with Crippen LogP contribution in [0.2, 0.25) is 0 Å². The minimum absolute atomic E-state index is 0.0121. The van der Waals surface area contributed by atoms with Crippen LogP contribution in [0.25, 0.3) is 93.9 Å². The van der Waals surface area contributed by atoms with Gasteiger partial charge < -0.3 is 9.84 Å². The van der Waals surface area contributed by atoms with Gasteiger partial charge in [-0.3, -0.25) is 5.32 Å². The summed E-state index contributed by atoms with van der Waals surface area (Å²) in [5.41, 5.74) is 6.61. The van der Waals surface area contributed by atoms with Crippen molar-refractivity contribution in [3.05, 3.63) is 200 Å². The third-order valence-corrected chi connectivity index (χ3v) is 19.4. The van der Waals surface area contributed by atoms with Crippen LogP contribution in [0.5, 0.6) is 0 Å². The van der Waals surface area contributed by atoms with Gasteiger partial charge in [-0.25, -0.2) is 4.79 Å². The zero-order valence-electron chi connectivity index (χ0n) is 37.2. The summed E-state index contributed by atoms with van der Waals surface area (Å²) in [6, 6.07) is 70.3. The molecule has 0 aliphatic rings. The average Bonchev–Trinajstić information content (AvgIpc) is 4.11. The normalized spacial score (nSPS) is 12.0. The molecule has 0 spiro atoms. The Morgan fingerprint density at radius 2 is 0.870 bits per heavy atom. The number of thioether (sulfide) groups is 2. The fraction of sp³-hybridized carbons (Fsp3) is 0.0833. The number of thiophene rings is 3. The van der Waals surface area contributed by atoms with E-state index in [4.69, 9.17) is 4.74 Å². The Balaban J connectivity index is 0.850. The van der Waals surface area contributed by atoms with Crippen LogP contribution in [-0.2, 0) is 4.74 Å². The van der Waals surface area contributed by atoms with Gasteiger partial charge >= 0.3 is 6.09 Å². The van der Waals surface area contributed by atoms with Gasteiger partial charge in [-0.15, -0.1) is 57.5 Å². The van der Waals surface area contributed by atoms with Crippen LogP contribution in [0.1, 0.15) is 0 Å². The van der Waals surface area contributed by atoms with Crippen LogP contribution in [0.3, 0.4) is 0 Å². The minimum Gasteiger partial charge on any atom is -0.449 e. The van der Waals surface area contributed by atoms with Gasteiger partial charge in [0, 0.05) is 104 Å². The van der Waals surface area contributed by atoms with E-state index in [2.05, 4.69) is 187 Å². The van der Waals surface area contributed by atoms with Gasteiger partial charge in [0.1, 0.15) is 6.61 Å². The number of fused-ring (bicyclic) bond motifs is 9. The highest BCUT2D eigenvalue weighted by Crippen LogP contribution is 2.47. The Hall–Kier alpha value is -6.43. The second kappa shape index (κ2) is 18.8. The number of hydrogen-bond donors (Lipinski definition) is 2. The summed E-state index contributed by atoms with van der Waals surface area (Å²) in [4.78, 5) is 16.2. The quantitative estimate of drug-likeness (QED) is 0.113. The predicted molar refractivity (Wildman–Crippen MR) is 300 cm³/mol. The number of carbonyl (C=O) groups is 1. The molecule has 0 fully saturated rings. The summed E-state index contributed by atoms with van der Waals surface area (Å²) >= 11 is 8.85. The van der Waals surface area contributed by atoms with Crippen LogP contribution in [0, 0.1) is 5.41 Å². The Morgan fingerprint density at radius 3 is 1.38 bits per heavy atom. The van der Waals surface area contributed by atoms with Crippen LogP contribution < -0.4 is 5.32 Å². The van der Waals surface area contributed by atoms with Crippen molar-refractivity contribution in [2.45, 2.75) is 9.79 Å². The van der Waals surface area contributed by atoms with Crippen molar-refractivity contribution in [1.82, 2.24) is 0 Å². The molecule has 3 heterocycles. The van der Waals surface area contributed by atoms with Crippen molar-refractivity contribution in [3.63, 3.8) is 0 Å². The molecule has 4 nitrogen and oxygen atoms in total. The molecule has 0 unspecified atom stereocenters. The highest BCUT2D eigenvalue weighted by atomic mass is 32.2. The molecule has 336 valence electrons. The van der Waals surface area contributed by atoms with Gasteiger partial charge in [-0.05, 0) is 64.7 Å². The first-order valence-corrected chi connectivity index (χ1v) is 27.2. The first kappa shape index (κ1) is 43.8. The number of benzene rings is 9. The number of rotatable bonds is 13. The van der Waals surface area contributed by atoms with Gasteiger partial charge in [0.15, 0.2) is 0 Å². The molecule has 69 heavy (non-hydrogen) atoms. The standard InChI is InChI=1S/C60H43NO3S5/c62-34-60(36-65-51-28-6-1-17-41(51)46-24-13-26-49-44-20-4-9-31-54(44)68-57(46)49,37-66-52-29-7-2-18-42(52)47-25-14-27-50-45-21-5-10-32-55(45)69-58(47)50)35-64-59(63)61-39-16-11-15-38(33-39)40-22-12-23-48-43-19-3-8-30-53(43)67-56(40)48/h1-33,62H,34-37H2,(H,61,63). The number of hydrogen-bond acceptors (Lipinski definition) is 8. The Labute approximate surface area is 420 Å². The van der Waals surface area contributed by atoms with E-state index in [-0.39, 0.29) is 13.2 Å². The maximum absolute atomic E-state index is 14.0. The van der Waals surface area contributed by atoms with Crippen LogP contribution in [0.15, 0.2) is 210 Å². The lowest BCUT2D eigenvalue weighted by Gasteiger charge is -2.31. The van der Waals surface area contributed by atoms with E-state index in [1.807, 2.05) is 40.9 Å². The maximum atomic E-state index is 14.0. The first-order valence-electron chi connectivity index (χ1n) is 22.8. The van der Waals surface area contributed by atoms with Crippen molar-refractivity contribution in [2.24, 2.45) is 5.41 Å². The third-order valence-electron chi connectivity index (χ3n) is 12.9. The summed E-state index contributed by atoms with van der Waals surface area (Å²) < 4.78 is 13.7. The van der Waals surface area contributed by atoms with E-state index in [9.17, 15) is 9.90 Å². The zero-order valence-corrected chi connectivity index (χ0v) is 41.3. The molecule has 0 aliphatic heterocycles. The fourth-order valence-electron chi connectivity index (χ4n) is 9.38. The molecule has 9 heteroatoms. The first-order chi connectivity index (χ1) is 34.0. The Morgan fingerprint density at radius 1 is 0.464 bits per heavy atom. The topological polar surface area (TPSA) is 58.6 Å². The second-order valence-electron chi connectivity index (χ2n) is 17.4. The van der Waals surface area contributed by atoms with Crippen molar-refractivity contribution >= 4 is 130 Å². The Kier molecular flexibility index (Phi) is 11.9. The summed E-state index contributed by atoms with van der Waals surface area (Å²) in [5.74, 6) is 1.01. The van der Waals surface area contributed by atoms with Crippen LogP contribution in [-0.4, -0.2) is 35.9 Å². The van der Waals surface area contributed by atoms with Crippen LogP contribution in [0.4, 0.5) is 10.5 Å². The van der Waals surface area contributed by atoms with E-state index >= 15 is 0 Å². The molecule has 9 aromatic carbocycles. The number of carbonyl (C=O) groups excluding carboxylic acids is 1. The molecule has 12 aromatic rings. The van der Waals surface area contributed by atoms with E-state index in [1.165, 1.54) is 71.6 Å². The molecule has 0 radical (unpaired) electrons. The van der Waals surface area contributed by atoms with E-state index < -0.39 is 11.5 Å². The molecule has 12 rings (SSSR count). The number of ether oxygens (including phenoxy) is 1. The summed E-state index contributed by atoms with van der Waals surface area (Å²) in [6.45, 7) is -0.171. The lowest BCUT2D eigenvalue weighted by atomic mass is 9.95. The number of anilines is 1. The number of aliphatic hydroxyl groups excluding tert-OH is 1. The molecule has 0 atom stereocenters. The lowest BCUT2D eigenvalue weighted by molar-refractivity contribution is 0.0736. The molecule has 3 aromatic heterocycles. The molecule has 0 bridgehead atoms. The fourth-order valence-corrected chi connectivity index (χ4v) is 15.7. The smallest absolute Gasteiger partial charge is 0.411 e. The molecule has 0 saturated carbocycles. The monoisotopic (exact) mass is 985 g/mol. The predicted octanol–water partition coefficient (Wildman–Crippen LogP) is 17.9. The summed E-state index contributed by atoms with van der Waals surface area (Å²) in [6.07, 6.45) is -0.561. The average molecular weight is 986 g/mol. The van der Waals surface area contributed by atoms with Crippen molar-refractivity contribution < 1.29 is 14.6 Å². The van der Waals surface area contributed by atoms with Gasteiger partial charge in [-0.1, -0.05) is 158 Å². The third kappa shape index (κ3) is 8.37. The summed E-state index contributed by atoms with van der Waals surface area (Å²) in [5, 5.41) is 22.2. The van der Waals surface area contributed by atoms with Gasteiger partial charge in [-0.2, -0.15) is 0 Å². The largest absolute Gasteiger partial charge is 0.449 e. The lowest BCUT2D eigenvalue weighted by Crippen LogP contribution is -2.38.